The van der Waals surface area contributed by atoms with Crippen LogP contribution in [0.4, 0.5) is 24.7 Å². The topological polar surface area (TPSA) is 116 Å². The van der Waals surface area contributed by atoms with Crippen molar-refractivity contribution in [1.29, 1.82) is 0 Å². The first-order valence-electron chi connectivity index (χ1n) is 9.57. The van der Waals surface area contributed by atoms with Gasteiger partial charge in [-0.1, -0.05) is 0 Å². The van der Waals surface area contributed by atoms with Crippen LogP contribution in [0.15, 0.2) is 52.8 Å². The summed E-state index contributed by atoms with van der Waals surface area (Å²) in [4.78, 5) is 15.1. The molecule has 0 radical (unpaired) electrons. The average molecular weight is 433 g/mol. The van der Waals surface area contributed by atoms with Gasteiger partial charge in [0.1, 0.15) is 12.0 Å². The van der Waals surface area contributed by atoms with Crippen molar-refractivity contribution < 1.29 is 27.5 Å². The number of amidine groups is 1. The molecule has 0 amide bonds. The maximum atomic E-state index is 12.7. The molecule has 3 aromatic rings. The highest BCUT2D eigenvalue weighted by molar-refractivity contribution is 5.86. The van der Waals surface area contributed by atoms with Gasteiger partial charge in [-0.25, -0.2) is 15.0 Å². The monoisotopic (exact) mass is 433 g/mol. The molecular weight excluding hydrogens is 415 g/mol. The number of halogens is 3. The van der Waals surface area contributed by atoms with Crippen LogP contribution in [0, 0.1) is 0 Å². The van der Waals surface area contributed by atoms with Crippen LogP contribution in [-0.2, 0) is 6.18 Å². The van der Waals surface area contributed by atoms with Gasteiger partial charge in [0, 0.05) is 37.1 Å². The number of nitrogens with zero attached hydrogens (tertiary/aromatic N) is 6. The van der Waals surface area contributed by atoms with E-state index in [9.17, 15) is 18.3 Å². The minimum absolute atomic E-state index is 0.0484. The van der Waals surface area contributed by atoms with Gasteiger partial charge in [0.25, 0.3) is 6.20 Å². The van der Waals surface area contributed by atoms with Crippen molar-refractivity contribution in [2.24, 2.45) is 4.99 Å². The fourth-order valence-corrected chi connectivity index (χ4v) is 3.61. The zero-order valence-corrected chi connectivity index (χ0v) is 16.2. The number of nitrogens with one attached hydrogen (secondary N) is 1. The van der Waals surface area contributed by atoms with Crippen molar-refractivity contribution in [3.05, 3.63) is 54.5 Å². The van der Waals surface area contributed by atoms with E-state index in [-0.39, 0.29) is 17.6 Å². The molecular formula is C19H18F3N7O2. The molecule has 9 nitrogen and oxygen atoms in total. The normalized spacial score (nSPS) is 19.9. The Hall–Kier alpha value is -3.57. The maximum Gasteiger partial charge on any atom is 0.433 e. The van der Waals surface area contributed by atoms with Crippen molar-refractivity contribution in [2.45, 2.75) is 43.8 Å². The average Bonchev–Trinajstić information content (AvgIpc) is 3.22. The van der Waals surface area contributed by atoms with Crippen LogP contribution in [0.25, 0.3) is 0 Å². The van der Waals surface area contributed by atoms with Crippen molar-refractivity contribution >= 4 is 17.6 Å². The van der Waals surface area contributed by atoms with Gasteiger partial charge in [-0.3, -0.25) is 9.51 Å². The largest absolute Gasteiger partial charge is 0.846 e. The van der Waals surface area contributed by atoms with Gasteiger partial charge in [-0.15, -0.1) is 0 Å². The minimum atomic E-state index is -4.61. The molecule has 0 spiro atoms. The van der Waals surface area contributed by atoms with Crippen LogP contribution in [0.2, 0.25) is 0 Å². The zero-order valence-electron chi connectivity index (χ0n) is 16.2. The summed E-state index contributed by atoms with van der Waals surface area (Å²) in [6.07, 6.45) is 6.67. The first-order chi connectivity index (χ1) is 14.9. The predicted molar refractivity (Wildman–Crippen MR) is 98.9 cm³/mol. The smallest absolute Gasteiger partial charge is 0.433 e. The number of hydrogen-bond acceptors (Lipinski definition) is 7. The predicted octanol–water partition coefficient (Wildman–Crippen LogP) is 2.52. The zero-order chi connectivity index (χ0) is 21.8. The fourth-order valence-electron chi connectivity index (χ4n) is 3.61. The highest BCUT2D eigenvalue weighted by Gasteiger charge is 2.33. The Morgan fingerprint density at radius 1 is 1.26 bits per heavy atom. The first kappa shape index (κ1) is 20.7. The molecule has 1 saturated carbocycles. The van der Waals surface area contributed by atoms with Gasteiger partial charge in [0.15, 0.2) is 6.04 Å². The molecule has 31 heavy (non-hydrogen) atoms. The molecule has 0 unspecified atom stereocenters. The van der Waals surface area contributed by atoms with Crippen molar-refractivity contribution in [2.75, 3.05) is 5.32 Å². The molecule has 1 fully saturated rings. The van der Waals surface area contributed by atoms with E-state index in [0.717, 1.165) is 43.5 Å². The summed E-state index contributed by atoms with van der Waals surface area (Å²) in [7, 11) is 0. The fraction of sp³-hybridized carbons (Fsp3) is 0.368. The SMILES string of the molecule is [O-]/C(=N\c1c[n+]([C@@H]2CCC[C@@H](c3cncnc3)C2)no1)Nc1ccnc(C(F)(F)F)c1. The van der Waals surface area contributed by atoms with Crippen LogP contribution < -0.4 is 15.1 Å². The molecule has 1 N–H and O–H groups in total. The Kier molecular flexibility index (Phi) is 5.78. The molecule has 1 aliphatic rings. The van der Waals surface area contributed by atoms with Gasteiger partial charge >= 0.3 is 12.1 Å². The highest BCUT2D eigenvalue weighted by atomic mass is 19.4. The summed E-state index contributed by atoms with van der Waals surface area (Å²) in [5.41, 5.74) is -0.127. The molecule has 2 atom stereocenters. The van der Waals surface area contributed by atoms with Crippen LogP contribution in [0.3, 0.4) is 0 Å². The maximum absolute atomic E-state index is 12.7. The third kappa shape index (κ3) is 5.13. The van der Waals surface area contributed by atoms with E-state index in [1.165, 1.54) is 18.6 Å². The van der Waals surface area contributed by atoms with Gasteiger partial charge < -0.3 is 10.4 Å². The number of alkyl halides is 3. The Balaban J connectivity index is 1.43. The van der Waals surface area contributed by atoms with E-state index in [2.05, 4.69) is 30.5 Å². The Bertz CT molecular complexity index is 1060. The second-order valence-corrected chi connectivity index (χ2v) is 7.18. The first-order valence-corrected chi connectivity index (χ1v) is 9.57. The molecule has 4 rings (SSSR count). The van der Waals surface area contributed by atoms with Crippen molar-refractivity contribution in [3.8, 4) is 0 Å². The third-order valence-corrected chi connectivity index (χ3v) is 5.06. The van der Waals surface area contributed by atoms with Crippen LogP contribution >= 0.6 is 0 Å². The lowest BCUT2D eigenvalue weighted by atomic mass is 9.82. The van der Waals surface area contributed by atoms with Gasteiger partial charge in [-0.2, -0.15) is 13.2 Å². The van der Waals surface area contributed by atoms with E-state index in [4.69, 9.17) is 4.52 Å². The number of pyridine rings is 1. The second kappa shape index (κ2) is 8.66. The number of hydrogen-bond donors (Lipinski definition) is 1. The van der Waals surface area contributed by atoms with Crippen molar-refractivity contribution in [1.82, 2.24) is 20.2 Å². The number of rotatable bonds is 4. The van der Waals surface area contributed by atoms with Gasteiger partial charge in [0.2, 0.25) is 5.27 Å². The van der Waals surface area contributed by atoms with Crippen LogP contribution in [-0.4, -0.2) is 26.2 Å². The summed E-state index contributed by atoms with van der Waals surface area (Å²) >= 11 is 0. The van der Waals surface area contributed by atoms with E-state index in [0.29, 0.717) is 5.92 Å². The highest BCUT2D eigenvalue weighted by Crippen LogP contribution is 2.35. The Morgan fingerprint density at radius 3 is 2.84 bits per heavy atom. The minimum Gasteiger partial charge on any atom is -0.846 e. The van der Waals surface area contributed by atoms with Crippen LogP contribution in [0.1, 0.15) is 48.9 Å². The summed E-state index contributed by atoms with van der Waals surface area (Å²) < 4.78 is 44.9. The summed E-state index contributed by atoms with van der Waals surface area (Å²) in [6, 6.07) is 1.14. The molecule has 0 aliphatic heterocycles. The van der Waals surface area contributed by atoms with Gasteiger partial charge in [-0.05, 0) is 41.1 Å². The number of aromatic nitrogens is 5. The molecule has 3 aromatic heterocycles. The Morgan fingerprint density at radius 2 is 2.06 bits per heavy atom. The molecule has 3 heterocycles. The van der Waals surface area contributed by atoms with E-state index >= 15 is 0 Å². The molecule has 0 bridgehead atoms. The Labute approximate surface area is 174 Å². The van der Waals surface area contributed by atoms with Gasteiger partial charge in [0.05, 0.1) is 6.02 Å². The number of aliphatic imine (C=N–C) groups is 1. The van der Waals surface area contributed by atoms with Crippen molar-refractivity contribution in [3.63, 3.8) is 0 Å². The molecule has 1 aliphatic carbocycles. The summed E-state index contributed by atoms with van der Waals surface area (Å²) in [5, 5.41) is 18.3. The lowest BCUT2D eigenvalue weighted by Crippen LogP contribution is -2.42. The third-order valence-electron chi connectivity index (χ3n) is 5.06. The van der Waals surface area contributed by atoms with E-state index < -0.39 is 17.9 Å². The molecule has 12 heteroatoms. The molecule has 0 saturated heterocycles. The van der Waals surface area contributed by atoms with E-state index in [1.807, 2.05) is 12.4 Å². The quantitative estimate of drug-likeness (QED) is 0.382. The standard InChI is InChI=1S/C19H18F3N7O2/c20-19(21,22)16-7-14(4-5-25-16)26-18(30)27-17-10-29(28-31-17)15-3-1-2-12(6-15)13-8-23-11-24-9-13/h4-5,7-12,15H,1-3,6H2,(H-,25,26,27,28,30)/t12-,15-/m1/s1. The van der Waals surface area contributed by atoms with E-state index in [1.54, 1.807) is 4.68 Å². The number of anilines is 1. The summed E-state index contributed by atoms with van der Waals surface area (Å²) in [6.45, 7) is 0. The lowest BCUT2D eigenvalue weighted by molar-refractivity contribution is -0.787. The molecule has 0 aromatic carbocycles. The molecule has 162 valence electrons. The summed E-state index contributed by atoms with van der Waals surface area (Å²) in [5.74, 6) is 0.245. The van der Waals surface area contributed by atoms with Crippen LogP contribution in [0.5, 0.6) is 0 Å². The lowest BCUT2D eigenvalue weighted by Gasteiger charge is -2.23. The second-order valence-electron chi connectivity index (χ2n) is 7.18.